The van der Waals surface area contributed by atoms with E-state index in [1.807, 2.05) is 99.3 Å². The van der Waals surface area contributed by atoms with Crippen molar-refractivity contribution in [3.8, 4) is 11.5 Å². The molecule has 2 aliphatic rings. The second-order valence-corrected chi connectivity index (χ2v) is 23.6. The molecule has 0 saturated carbocycles. The van der Waals surface area contributed by atoms with Gasteiger partial charge in [-0.3, -0.25) is 4.99 Å². The van der Waals surface area contributed by atoms with Crippen molar-refractivity contribution in [1.29, 1.82) is 0 Å². The Morgan fingerprint density at radius 2 is 1.03 bits per heavy atom. The first-order valence-corrected chi connectivity index (χ1v) is 29.0. The van der Waals surface area contributed by atoms with E-state index in [4.69, 9.17) is 19.5 Å². The number of sulfone groups is 1. The van der Waals surface area contributed by atoms with Crippen LogP contribution in [-0.4, -0.2) is 37.2 Å². The monoisotopic (exact) mass is 1070 g/mol. The molecule has 2 N–H and O–H groups in total. The average molecular weight is 1070 g/mol. The summed E-state index contributed by atoms with van der Waals surface area (Å²) in [6.07, 6.45) is 1.91. The zero-order chi connectivity index (χ0) is 53.9. The van der Waals surface area contributed by atoms with Gasteiger partial charge in [0.1, 0.15) is 30.6 Å². The van der Waals surface area contributed by atoms with Gasteiger partial charge in [0.15, 0.2) is 9.84 Å². The number of benzene rings is 9. The molecule has 1 atom stereocenters. The molecule has 7 nitrogen and oxygen atoms in total. The first-order chi connectivity index (χ1) is 37.3. The SMILES string of the molecule is CC(=NCS(=O)(=O)c1ccc(C)cc1)c1ccc2c(c1)Cc1ccccc1S2.Cc1cc(B(O)O)ccc1OCc1ccccc1.Cc1cc(C(C)c2ccc3c(c2)Cc2ccccc2S3)ccc1OCc1ccccc1. The molecule has 0 amide bonds. The quantitative estimate of drug-likeness (QED) is 0.0869. The summed E-state index contributed by atoms with van der Waals surface area (Å²) in [7, 11) is -4.87. The van der Waals surface area contributed by atoms with Crippen LogP contribution in [0.1, 0.15) is 86.5 Å². The average Bonchev–Trinajstić information content (AvgIpc) is 3.45. The first-order valence-electron chi connectivity index (χ1n) is 25.7. The Kier molecular flexibility index (Phi) is 18.0. The molecule has 0 radical (unpaired) electrons. The summed E-state index contributed by atoms with van der Waals surface area (Å²) in [5.41, 5.74) is 15.7. The maximum Gasteiger partial charge on any atom is 0.488 e. The van der Waals surface area contributed by atoms with Crippen molar-refractivity contribution in [3.63, 3.8) is 0 Å². The maximum absolute atomic E-state index is 12.5. The van der Waals surface area contributed by atoms with Crippen LogP contribution in [-0.2, 0) is 35.9 Å². The van der Waals surface area contributed by atoms with Crippen LogP contribution in [0.25, 0.3) is 0 Å². The van der Waals surface area contributed by atoms with Crippen molar-refractivity contribution < 1.29 is 27.9 Å². The third kappa shape index (κ3) is 14.3. The molecular formula is C66H62BNO6S3. The number of hydrogen-bond acceptors (Lipinski definition) is 9. The minimum atomic E-state index is -3.43. The van der Waals surface area contributed by atoms with Crippen molar-refractivity contribution in [2.75, 3.05) is 5.88 Å². The Morgan fingerprint density at radius 1 is 0.545 bits per heavy atom. The molecular weight excluding hydrogens is 1010 g/mol. The highest BCUT2D eigenvalue weighted by Gasteiger charge is 2.20. The van der Waals surface area contributed by atoms with E-state index in [1.165, 1.54) is 64.1 Å². The molecule has 11 heteroatoms. The van der Waals surface area contributed by atoms with Crippen molar-refractivity contribution >= 4 is 51.7 Å². The summed E-state index contributed by atoms with van der Waals surface area (Å²) in [5.74, 6) is 1.81. The van der Waals surface area contributed by atoms with Gasteiger partial charge in [-0.2, -0.15) is 0 Å². The number of rotatable bonds is 13. The molecule has 0 aromatic heterocycles. The van der Waals surface area contributed by atoms with Crippen LogP contribution in [0, 0.1) is 20.8 Å². The Labute approximate surface area is 463 Å². The standard InChI is InChI=1S/C29H26OS.C23H21NO2S2.C14H15BO3/c1-20-16-23(12-14-27(20)30-19-22-8-4-3-5-9-22)21(2)24-13-15-29-26(17-24)18-25-10-6-7-11-28(25)31-29;1-16-7-10-21(11-8-16)28(25,26)15-24-17(2)18-9-12-23-20(13-18)14-19-5-3-4-6-22(19)27-23;1-11-9-13(15(16)17)7-8-14(11)18-10-12-5-3-2-4-6-12/h3-17,21H,18-19H2,1-2H3;3-13H,14-15H2,1-2H3;2-9,16-17H,10H2,1H3. The summed E-state index contributed by atoms with van der Waals surface area (Å²) >= 11 is 3.67. The van der Waals surface area contributed by atoms with Crippen LogP contribution in [0.5, 0.6) is 11.5 Å². The molecule has 0 spiro atoms. The Balaban J connectivity index is 0.000000146. The van der Waals surface area contributed by atoms with Crippen molar-refractivity contribution in [3.05, 3.63) is 273 Å². The molecule has 2 aliphatic heterocycles. The van der Waals surface area contributed by atoms with Crippen LogP contribution in [0.2, 0.25) is 0 Å². The predicted octanol–water partition coefficient (Wildman–Crippen LogP) is 14.3. The lowest BCUT2D eigenvalue weighted by molar-refractivity contribution is 0.304. The van der Waals surface area contributed by atoms with E-state index in [9.17, 15) is 8.42 Å². The second kappa shape index (κ2) is 25.4. The molecule has 9 aromatic rings. The van der Waals surface area contributed by atoms with Gasteiger partial charge in [-0.15, -0.1) is 0 Å². The van der Waals surface area contributed by atoms with Gasteiger partial charge in [0.05, 0.1) is 4.90 Å². The van der Waals surface area contributed by atoms with E-state index in [2.05, 4.69) is 128 Å². The van der Waals surface area contributed by atoms with E-state index >= 15 is 0 Å². The van der Waals surface area contributed by atoms with Crippen molar-refractivity contribution in [2.24, 2.45) is 4.99 Å². The van der Waals surface area contributed by atoms with Crippen LogP contribution in [0.3, 0.4) is 0 Å². The molecule has 0 saturated heterocycles. The highest BCUT2D eigenvalue weighted by Crippen LogP contribution is 2.42. The van der Waals surface area contributed by atoms with Crippen LogP contribution >= 0.6 is 23.5 Å². The predicted molar refractivity (Wildman–Crippen MR) is 316 cm³/mol. The third-order valence-electron chi connectivity index (χ3n) is 13.7. The number of hydrogen-bond donors (Lipinski definition) is 2. The molecule has 2 heterocycles. The minimum absolute atomic E-state index is 0.240. The largest absolute Gasteiger partial charge is 0.489 e. The smallest absolute Gasteiger partial charge is 0.488 e. The lowest BCUT2D eigenvalue weighted by atomic mass is 9.79. The van der Waals surface area contributed by atoms with Gasteiger partial charge in [-0.1, -0.05) is 188 Å². The van der Waals surface area contributed by atoms with E-state index in [-0.39, 0.29) is 5.88 Å². The van der Waals surface area contributed by atoms with Gasteiger partial charge in [0, 0.05) is 31.2 Å². The summed E-state index contributed by atoms with van der Waals surface area (Å²) in [6.45, 7) is 11.2. The second-order valence-electron chi connectivity index (χ2n) is 19.5. The van der Waals surface area contributed by atoms with Gasteiger partial charge in [0.25, 0.3) is 0 Å². The van der Waals surface area contributed by atoms with E-state index < -0.39 is 17.0 Å². The molecule has 388 valence electrons. The van der Waals surface area contributed by atoms with Crippen LogP contribution in [0.4, 0.5) is 0 Å². The Bertz CT molecular complexity index is 3630. The maximum atomic E-state index is 12.5. The van der Waals surface area contributed by atoms with E-state index in [0.29, 0.717) is 29.5 Å². The normalized spacial score (nSPS) is 12.7. The molecule has 1 unspecified atom stereocenters. The Morgan fingerprint density at radius 3 is 1.58 bits per heavy atom. The zero-order valence-electron chi connectivity index (χ0n) is 44.0. The summed E-state index contributed by atoms with van der Waals surface area (Å²) in [5, 5.41) is 18.1. The number of ether oxygens (including phenoxy) is 2. The summed E-state index contributed by atoms with van der Waals surface area (Å²) in [6, 6.07) is 69.3. The number of aliphatic imine (C=N–C) groups is 1. The molecule has 11 rings (SSSR count). The zero-order valence-corrected chi connectivity index (χ0v) is 46.5. The highest BCUT2D eigenvalue weighted by atomic mass is 32.2. The van der Waals surface area contributed by atoms with Crippen LogP contribution < -0.4 is 14.9 Å². The fraction of sp³-hybridized carbons (Fsp3) is 0.167. The van der Waals surface area contributed by atoms with E-state index in [1.54, 1.807) is 42.1 Å². The van der Waals surface area contributed by atoms with Crippen molar-refractivity contribution in [2.45, 2.75) is 91.1 Å². The van der Waals surface area contributed by atoms with Crippen LogP contribution in [0.15, 0.2) is 236 Å². The minimum Gasteiger partial charge on any atom is -0.489 e. The molecule has 0 aliphatic carbocycles. The summed E-state index contributed by atoms with van der Waals surface area (Å²) < 4.78 is 36.8. The number of fused-ring (bicyclic) bond motifs is 4. The molecule has 9 aromatic carbocycles. The van der Waals surface area contributed by atoms with Gasteiger partial charge in [-0.25, -0.2) is 8.42 Å². The number of aryl methyl sites for hydroxylation is 3. The number of nitrogens with zero attached hydrogens (tertiary/aromatic N) is 1. The molecule has 77 heavy (non-hydrogen) atoms. The van der Waals surface area contributed by atoms with Crippen molar-refractivity contribution in [1.82, 2.24) is 0 Å². The fourth-order valence-electron chi connectivity index (χ4n) is 9.15. The molecule has 0 fully saturated rings. The lowest BCUT2D eigenvalue weighted by Crippen LogP contribution is -2.29. The summed E-state index contributed by atoms with van der Waals surface area (Å²) in [4.78, 5) is 10.0. The molecule has 0 bridgehead atoms. The van der Waals surface area contributed by atoms with E-state index in [0.717, 1.165) is 52.3 Å². The fourth-order valence-corrected chi connectivity index (χ4v) is 12.3. The lowest BCUT2D eigenvalue weighted by Gasteiger charge is -2.22. The topological polar surface area (TPSA) is 105 Å². The van der Waals surface area contributed by atoms with Gasteiger partial charge < -0.3 is 19.5 Å². The van der Waals surface area contributed by atoms with Gasteiger partial charge in [-0.05, 0) is 162 Å². The highest BCUT2D eigenvalue weighted by molar-refractivity contribution is 7.99. The van der Waals surface area contributed by atoms with Gasteiger partial charge in [0.2, 0.25) is 0 Å². The third-order valence-corrected chi connectivity index (χ3v) is 17.7. The Hall–Kier alpha value is -7.12. The van der Waals surface area contributed by atoms with Gasteiger partial charge >= 0.3 is 7.12 Å². The first kappa shape index (κ1) is 54.7.